The van der Waals surface area contributed by atoms with E-state index in [2.05, 4.69) is 10.2 Å². The number of fused-ring (bicyclic) bond motifs is 1. The fourth-order valence-corrected chi connectivity index (χ4v) is 2.94. The molecule has 120 valence electrons. The van der Waals surface area contributed by atoms with Gasteiger partial charge in [-0.2, -0.15) is 0 Å². The molecule has 0 fully saturated rings. The van der Waals surface area contributed by atoms with Gasteiger partial charge in [0.05, 0.1) is 6.54 Å². The highest BCUT2D eigenvalue weighted by molar-refractivity contribution is 5.94. The number of rotatable bonds is 3. The van der Waals surface area contributed by atoms with Crippen LogP contribution in [0.5, 0.6) is 5.75 Å². The number of anilines is 3. The normalized spacial score (nSPS) is 14.0. The summed E-state index contributed by atoms with van der Waals surface area (Å²) in [6, 6.07) is 12.4. The van der Waals surface area contributed by atoms with E-state index in [4.69, 9.17) is 5.73 Å². The van der Waals surface area contributed by atoms with Gasteiger partial charge in [0.25, 0.3) is 0 Å². The number of nitrogens with zero attached hydrogens (tertiary/aromatic N) is 1. The van der Waals surface area contributed by atoms with Crippen molar-refractivity contribution >= 4 is 23.0 Å². The largest absolute Gasteiger partial charge is 0.508 e. The van der Waals surface area contributed by atoms with Crippen LogP contribution in [0, 0.1) is 0 Å². The third-order valence-corrected chi connectivity index (χ3v) is 4.05. The van der Waals surface area contributed by atoms with Crippen molar-refractivity contribution in [2.75, 3.05) is 29.0 Å². The van der Waals surface area contributed by atoms with Crippen molar-refractivity contribution in [2.45, 2.75) is 19.3 Å². The highest BCUT2D eigenvalue weighted by atomic mass is 16.3. The topological polar surface area (TPSA) is 78.6 Å². The first-order valence-electron chi connectivity index (χ1n) is 7.84. The summed E-state index contributed by atoms with van der Waals surface area (Å²) in [4.78, 5) is 14.4. The molecule has 0 bridgehead atoms. The molecule has 23 heavy (non-hydrogen) atoms. The minimum Gasteiger partial charge on any atom is -0.508 e. The van der Waals surface area contributed by atoms with E-state index in [1.54, 1.807) is 24.3 Å². The van der Waals surface area contributed by atoms with Crippen molar-refractivity contribution in [3.63, 3.8) is 0 Å². The molecule has 0 radical (unpaired) electrons. The Kier molecular flexibility index (Phi) is 4.37. The Balaban J connectivity index is 1.72. The predicted molar refractivity (Wildman–Crippen MR) is 92.7 cm³/mol. The van der Waals surface area contributed by atoms with Gasteiger partial charge in [-0.15, -0.1) is 0 Å². The molecule has 1 heterocycles. The molecule has 4 N–H and O–H groups in total. The standard InChI is InChI=1S/C18H21N3O2/c19-14-4-9-17-13(11-14)3-1-2-10-21(17)12-18(23)20-15-5-7-16(22)8-6-15/h4-9,11,22H,1-3,10,12,19H2,(H,20,23). The minimum atomic E-state index is -0.0691. The summed E-state index contributed by atoms with van der Waals surface area (Å²) in [5, 5.41) is 12.1. The van der Waals surface area contributed by atoms with E-state index < -0.39 is 0 Å². The molecule has 1 aliphatic rings. The maximum Gasteiger partial charge on any atom is 0.243 e. The quantitative estimate of drug-likeness (QED) is 0.601. The van der Waals surface area contributed by atoms with Crippen molar-refractivity contribution in [3.8, 4) is 5.75 Å². The van der Waals surface area contributed by atoms with Gasteiger partial charge in [0.1, 0.15) is 5.75 Å². The van der Waals surface area contributed by atoms with Crippen LogP contribution >= 0.6 is 0 Å². The van der Waals surface area contributed by atoms with Gasteiger partial charge < -0.3 is 21.1 Å². The van der Waals surface area contributed by atoms with E-state index in [0.717, 1.165) is 37.2 Å². The fraction of sp³-hybridized carbons (Fsp3) is 0.278. The number of carbonyl (C=O) groups is 1. The fourth-order valence-electron chi connectivity index (χ4n) is 2.94. The first-order chi connectivity index (χ1) is 11.1. The lowest BCUT2D eigenvalue weighted by atomic mass is 10.1. The van der Waals surface area contributed by atoms with Crippen molar-refractivity contribution in [3.05, 3.63) is 48.0 Å². The van der Waals surface area contributed by atoms with Crippen LogP contribution in [0.3, 0.4) is 0 Å². The Hall–Kier alpha value is -2.69. The number of benzene rings is 2. The number of aryl methyl sites for hydroxylation is 1. The third kappa shape index (κ3) is 3.74. The molecule has 0 aromatic heterocycles. The van der Waals surface area contributed by atoms with Crippen molar-refractivity contribution in [2.24, 2.45) is 0 Å². The Bertz CT molecular complexity index is 698. The van der Waals surface area contributed by atoms with Crippen molar-refractivity contribution < 1.29 is 9.90 Å². The Morgan fingerprint density at radius 3 is 2.74 bits per heavy atom. The van der Waals surface area contributed by atoms with Gasteiger partial charge in [0.15, 0.2) is 0 Å². The second-order valence-corrected chi connectivity index (χ2v) is 5.86. The molecule has 5 nitrogen and oxygen atoms in total. The van der Waals surface area contributed by atoms with Crippen LogP contribution < -0.4 is 16.0 Å². The smallest absolute Gasteiger partial charge is 0.243 e. The van der Waals surface area contributed by atoms with Crippen LogP contribution in [0.4, 0.5) is 17.1 Å². The monoisotopic (exact) mass is 311 g/mol. The molecule has 0 unspecified atom stereocenters. The Morgan fingerprint density at radius 2 is 1.96 bits per heavy atom. The molecular weight excluding hydrogens is 290 g/mol. The summed E-state index contributed by atoms with van der Waals surface area (Å²) >= 11 is 0. The van der Waals surface area contributed by atoms with Gasteiger partial charge in [-0.1, -0.05) is 0 Å². The molecular formula is C18H21N3O2. The van der Waals surface area contributed by atoms with E-state index >= 15 is 0 Å². The second kappa shape index (κ2) is 6.60. The molecule has 5 heteroatoms. The third-order valence-electron chi connectivity index (χ3n) is 4.05. The van der Waals surface area contributed by atoms with Gasteiger partial charge in [-0.05, 0) is 67.3 Å². The maximum atomic E-state index is 12.3. The van der Waals surface area contributed by atoms with Gasteiger partial charge in [0, 0.05) is 23.6 Å². The van der Waals surface area contributed by atoms with Crippen LogP contribution in [0.25, 0.3) is 0 Å². The average molecular weight is 311 g/mol. The van der Waals surface area contributed by atoms with Gasteiger partial charge >= 0.3 is 0 Å². The van der Waals surface area contributed by atoms with Gasteiger partial charge in [-0.25, -0.2) is 0 Å². The van der Waals surface area contributed by atoms with Crippen LogP contribution in [0.1, 0.15) is 18.4 Å². The molecule has 0 spiro atoms. The molecule has 0 atom stereocenters. The number of aromatic hydroxyl groups is 1. The number of hydrogen-bond acceptors (Lipinski definition) is 4. The molecule has 0 saturated carbocycles. The zero-order valence-electron chi connectivity index (χ0n) is 13.0. The van der Waals surface area contributed by atoms with E-state index in [1.165, 1.54) is 5.56 Å². The van der Waals surface area contributed by atoms with E-state index in [0.29, 0.717) is 12.2 Å². The number of nitrogens with two attached hydrogens (primary N) is 1. The van der Waals surface area contributed by atoms with Gasteiger partial charge in [-0.3, -0.25) is 4.79 Å². The first kappa shape index (κ1) is 15.2. The summed E-state index contributed by atoms with van der Waals surface area (Å²) in [6.45, 7) is 1.16. The SMILES string of the molecule is Nc1ccc2c(c1)CCCCN2CC(=O)Nc1ccc(O)cc1. The zero-order chi connectivity index (χ0) is 16.2. The summed E-state index contributed by atoms with van der Waals surface area (Å²) in [6.07, 6.45) is 3.16. The Labute approximate surface area is 135 Å². The van der Waals surface area contributed by atoms with Crippen molar-refractivity contribution in [1.29, 1.82) is 0 Å². The number of nitrogen functional groups attached to an aromatic ring is 1. The number of nitrogens with one attached hydrogen (secondary N) is 1. The minimum absolute atomic E-state index is 0.0691. The first-order valence-corrected chi connectivity index (χ1v) is 7.84. The average Bonchev–Trinajstić information content (AvgIpc) is 2.71. The second-order valence-electron chi connectivity index (χ2n) is 5.86. The molecule has 1 amide bonds. The highest BCUT2D eigenvalue weighted by Gasteiger charge is 2.18. The zero-order valence-corrected chi connectivity index (χ0v) is 13.0. The summed E-state index contributed by atoms with van der Waals surface area (Å²) in [7, 11) is 0. The van der Waals surface area contributed by atoms with Gasteiger partial charge in [0.2, 0.25) is 5.91 Å². The number of carbonyl (C=O) groups excluding carboxylic acids is 1. The lowest BCUT2D eigenvalue weighted by molar-refractivity contribution is -0.115. The number of amides is 1. The molecule has 1 aliphatic heterocycles. The molecule has 0 saturated heterocycles. The predicted octanol–water partition coefficient (Wildman–Crippen LogP) is 2.76. The molecule has 3 rings (SSSR count). The maximum absolute atomic E-state index is 12.3. The van der Waals surface area contributed by atoms with Crippen LogP contribution in [0.2, 0.25) is 0 Å². The highest BCUT2D eigenvalue weighted by Crippen LogP contribution is 2.28. The molecule has 2 aromatic carbocycles. The van der Waals surface area contributed by atoms with Crippen LogP contribution in [0.15, 0.2) is 42.5 Å². The Morgan fingerprint density at radius 1 is 1.17 bits per heavy atom. The lowest BCUT2D eigenvalue weighted by Gasteiger charge is -2.24. The van der Waals surface area contributed by atoms with Crippen LogP contribution in [-0.2, 0) is 11.2 Å². The number of phenolic OH excluding ortho intramolecular Hbond substituents is 1. The van der Waals surface area contributed by atoms with Crippen molar-refractivity contribution in [1.82, 2.24) is 0 Å². The summed E-state index contributed by atoms with van der Waals surface area (Å²) in [5.41, 5.74) is 9.62. The van der Waals surface area contributed by atoms with E-state index in [-0.39, 0.29) is 11.7 Å². The number of phenols is 1. The summed E-state index contributed by atoms with van der Waals surface area (Å²) < 4.78 is 0. The van der Waals surface area contributed by atoms with Crippen LogP contribution in [-0.4, -0.2) is 24.1 Å². The summed E-state index contributed by atoms with van der Waals surface area (Å²) in [5.74, 6) is 0.113. The lowest BCUT2D eigenvalue weighted by Crippen LogP contribution is -2.34. The van der Waals surface area contributed by atoms with E-state index in [1.807, 2.05) is 18.2 Å². The number of hydrogen-bond donors (Lipinski definition) is 3. The molecule has 0 aliphatic carbocycles. The molecule has 2 aromatic rings. The van der Waals surface area contributed by atoms with E-state index in [9.17, 15) is 9.90 Å².